The molecular weight excluding hydrogens is 357 g/mol. The minimum atomic E-state index is -0.224. The quantitative estimate of drug-likeness (QED) is 0.488. The van der Waals surface area contributed by atoms with Crippen molar-refractivity contribution in [1.29, 1.82) is 0 Å². The zero-order valence-corrected chi connectivity index (χ0v) is 16.1. The molecule has 3 nitrogen and oxygen atoms in total. The van der Waals surface area contributed by atoms with Gasteiger partial charge in [-0.2, -0.15) is 0 Å². The lowest BCUT2D eigenvalue weighted by Crippen LogP contribution is -2.06. The van der Waals surface area contributed by atoms with E-state index >= 15 is 0 Å². The molecular formula is C22H20FN3S. The number of hydrogen-bond donors (Lipinski definition) is 1. The highest BCUT2D eigenvalue weighted by molar-refractivity contribution is 7.18. The van der Waals surface area contributed by atoms with Crippen molar-refractivity contribution in [2.24, 2.45) is 0 Å². The second kappa shape index (κ2) is 7.45. The van der Waals surface area contributed by atoms with Crippen molar-refractivity contribution >= 4 is 27.4 Å². The fourth-order valence-electron chi connectivity index (χ4n) is 3.07. The van der Waals surface area contributed by atoms with Crippen molar-refractivity contribution < 1.29 is 4.39 Å². The standard InChI is InChI=1S/C22H20FN3S/c1-14-15(2)27-22-20(14)21(24-13-17-8-10-18(23)11-9-17)25-19(26-22)12-16-6-4-3-5-7-16/h3-11H,12-13H2,1-2H3,(H,24,25,26). The third kappa shape index (κ3) is 3.83. The number of aryl methyl sites for hydroxylation is 2. The van der Waals surface area contributed by atoms with E-state index in [9.17, 15) is 4.39 Å². The van der Waals surface area contributed by atoms with E-state index in [0.717, 1.165) is 27.4 Å². The van der Waals surface area contributed by atoms with Crippen LogP contribution in [0.3, 0.4) is 0 Å². The molecule has 0 bridgehead atoms. The van der Waals surface area contributed by atoms with Gasteiger partial charge < -0.3 is 5.32 Å². The van der Waals surface area contributed by atoms with Crippen molar-refractivity contribution in [3.05, 3.63) is 87.8 Å². The second-order valence-corrected chi connectivity index (χ2v) is 7.80. The van der Waals surface area contributed by atoms with E-state index in [1.165, 1.54) is 28.1 Å². The number of halogens is 1. The van der Waals surface area contributed by atoms with E-state index in [-0.39, 0.29) is 5.82 Å². The van der Waals surface area contributed by atoms with Crippen LogP contribution in [0.25, 0.3) is 10.2 Å². The number of benzene rings is 2. The van der Waals surface area contributed by atoms with Gasteiger partial charge in [0.05, 0.1) is 5.39 Å². The molecule has 0 atom stereocenters. The molecule has 2 aromatic carbocycles. The van der Waals surface area contributed by atoms with Crippen LogP contribution in [0.1, 0.15) is 27.4 Å². The van der Waals surface area contributed by atoms with Crippen LogP contribution in [0.2, 0.25) is 0 Å². The molecule has 4 aromatic rings. The number of hydrogen-bond acceptors (Lipinski definition) is 4. The maximum atomic E-state index is 13.1. The predicted molar refractivity (Wildman–Crippen MR) is 110 cm³/mol. The summed E-state index contributed by atoms with van der Waals surface area (Å²) in [6.45, 7) is 4.81. The highest BCUT2D eigenvalue weighted by Crippen LogP contribution is 2.33. The van der Waals surface area contributed by atoms with Crippen molar-refractivity contribution in [1.82, 2.24) is 9.97 Å². The number of thiophene rings is 1. The third-order valence-corrected chi connectivity index (χ3v) is 5.75. The second-order valence-electron chi connectivity index (χ2n) is 6.59. The Morgan fingerprint density at radius 3 is 2.41 bits per heavy atom. The van der Waals surface area contributed by atoms with Crippen molar-refractivity contribution in [3.8, 4) is 0 Å². The van der Waals surface area contributed by atoms with Gasteiger partial charge in [-0.05, 0) is 42.7 Å². The maximum Gasteiger partial charge on any atom is 0.139 e. The van der Waals surface area contributed by atoms with Crippen LogP contribution in [0.15, 0.2) is 54.6 Å². The molecule has 0 spiro atoms. The lowest BCUT2D eigenvalue weighted by Gasteiger charge is -2.10. The summed E-state index contributed by atoms with van der Waals surface area (Å²) in [6.07, 6.45) is 0.692. The van der Waals surface area contributed by atoms with E-state index in [1.54, 1.807) is 23.5 Å². The van der Waals surface area contributed by atoms with Crippen LogP contribution >= 0.6 is 11.3 Å². The van der Waals surface area contributed by atoms with Gasteiger partial charge in [0.15, 0.2) is 0 Å². The van der Waals surface area contributed by atoms with Gasteiger partial charge in [-0.15, -0.1) is 11.3 Å². The first kappa shape index (κ1) is 17.6. The zero-order chi connectivity index (χ0) is 18.8. The Morgan fingerprint density at radius 2 is 1.67 bits per heavy atom. The number of anilines is 1. The Hall–Kier alpha value is -2.79. The normalized spacial score (nSPS) is 11.1. The summed E-state index contributed by atoms with van der Waals surface area (Å²) in [4.78, 5) is 11.9. The largest absolute Gasteiger partial charge is 0.365 e. The first-order valence-corrected chi connectivity index (χ1v) is 9.70. The predicted octanol–water partition coefficient (Wildman–Crippen LogP) is 5.65. The van der Waals surface area contributed by atoms with Gasteiger partial charge in [-0.1, -0.05) is 42.5 Å². The summed E-state index contributed by atoms with van der Waals surface area (Å²) >= 11 is 1.70. The van der Waals surface area contributed by atoms with Crippen LogP contribution < -0.4 is 5.32 Å². The smallest absolute Gasteiger partial charge is 0.139 e. The molecule has 0 amide bonds. The van der Waals surface area contributed by atoms with Crippen molar-refractivity contribution in [3.63, 3.8) is 0 Å². The van der Waals surface area contributed by atoms with Gasteiger partial charge in [0.2, 0.25) is 0 Å². The monoisotopic (exact) mass is 377 g/mol. The van der Waals surface area contributed by atoms with Gasteiger partial charge in [0, 0.05) is 17.8 Å². The fourth-order valence-corrected chi connectivity index (χ4v) is 4.12. The van der Waals surface area contributed by atoms with Gasteiger partial charge in [-0.25, -0.2) is 14.4 Å². The van der Waals surface area contributed by atoms with Crippen LogP contribution in [0, 0.1) is 19.7 Å². The highest BCUT2D eigenvalue weighted by Gasteiger charge is 2.15. The lowest BCUT2D eigenvalue weighted by molar-refractivity contribution is 0.627. The van der Waals surface area contributed by atoms with Crippen molar-refractivity contribution in [2.75, 3.05) is 5.32 Å². The average molecular weight is 377 g/mol. The molecule has 2 heterocycles. The number of aromatic nitrogens is 2. The minimum absolute atomic E-state index is 0.224. The molecule has 0 fully saturated rings. The SMILES string of the molecule is Cc1sc2nc(Cc3ccccc3)nc(NCc3ccc(F)cc3)c2c1C. The zero-order valence-electron chi connectivity index (χ0n) is 15.3. The Bertz CT molecular complexity index is 1070. The molecule has 0 aliphatic heterocycles. The summed E-state index contributed by atoms with van der Waals surface area (Å²) in [5.41, 5.74) is 3.41. The molecule has 2 aromatic heterocycles. The molecule has 0 aliphatic rings. The molecule has 1 N–H and O–H groups in total. The number of rotatable bonds is 5. The molecule has 136 valence electrons. The number of nitrogens with zero attached hydrogens (tertiary/aromatic N) is 2. The van der Waals surface area contributed by atoms with Gasteiger partial charge in [0.25, 0.3) is 0 Å². The molecule has 0 radical (unpaired) electrons. The van der Waals surface area contributed by atoms with E-state index < -0.39 is 0 Å². The Balaban J connectivity index is 1.69. The molecule has 0 aliphatic carbocycles. The molecule has 0 unspecified atom stereocenters. The summed E-state index contributed by atoms with van der Waals surface area (Å²) in [5, 5.41) is 4.52. The summed E-state index contributed by atoms with van der Waals surface area (Å²) in [7, 11) is 0. The molecule has 0 saturated carbocycles. The number of nitrogens with one attached hydrogen (secondary N) is 1. The molecule has 4 rings (SSSR count). The molecule has 0 saturated heterocycles. The Morgan fingerprint density at radius 1 is 0.926 bits per heavy atom. The van der Waals surface area contributed by atoms with Gasteiger partial charge in [0.1, 0.15) is 22.3 Å². The average Bonchev–Trinajstić information content (AvgIpc) is 2.96. The Labute approximate surface area is 161 Å². The summed E-state index contributed by atoms with van der Waals surface area (Å²) < 4.78 is 13.1. The minimum Gasteiger partial charge on any atom is -0.365 e. The third-order valence-electron chi connectivity index (χ3n) is 4.65. The first-order chi connectivity index (χ1) is 13.1. The maximum absolute atomic E-state index is 13.1. The Kier molecular flexibility index (Phi) is 4.86. The van der Waals surface area contributed by atoms with Crippen LogP contribution in [0.4, 0.5) is 10.2 Å². The lowest BCUT2D eigenvalue weighted by atomic mass is 10.1. The van der Waals surface area contributed by atoms with Crippen molar-refractivity contribution in [2.45, 2.75) is 26.8 Å². The molecule has 5 heteroatoms. The van der Waals surface area contributed by atoms with E-state index in [1.807, 2.05) is 18.2 Å². The van der Waals surface area contributed by atoms with Gasteiger partial charge in [-0.3, -0.25) is 0 Å². The highest BCUT2D eigenvalue weighted by atomic mass is 32.1. The van der Waals surface area contributed by atoms with Crippen LogP contribution in [-0.4, -0.2) is 9.97 Å². The van der Waals surface area contributed by atoms with Crippen LogP contribution in [-0.2, 0) is 13.0 Å². The number of fused-ring (bicyclic) bond motifs is 1. The van der Waals surface area contributed by atoms with E-state index in [4.69, 9.17) is 9.97 Å². The summed E-state index contributed by atoms with van der Waals surface area (Å²) in [5.74, 6) is 1.42. The topological polar surface area (TPSA) is 37.8 Å². The van der Waals surface area contributed by atoms with Crippen LogP contribution in [0.5, 0.6) is 0 Å². The molecule has 27 heavy (non-hydrogen) atoms. The first-order valence-electron chi connectivity index (χ1n) is 8.89. The van der Waals surface area contributed by atoms with E-state index in [0.29, 0.717) is 13.0 Å². The van der Waals surface area contributed by atoms with E-state index in [2.05, 4.69) is 31.3 Å². The van der Waals surface area contributed by atoms with Gasteiger partial charge >= 0.3 is 0 Å². The fraction of sp³-hybridized carbons (Fsp3) is 0.182. The summed E-state index contributed by atoms with van der Waals surface area (Å²) in [6, 6.07) is 16.8.